The maximum absolute atomic E-state index is 13.8. The molecule has 3 aliphatic heterocycles. The molecular weight excluding hydrogens is 505 g/mol. The van der Waals surface area contributed by atoms with Crippen molar-refractivity contribution in [3.8, 4) is 0 Å². The van der Waals surface area contributed by atoms with Gasteiger partial charge >= 0.3 is 18.2 Å². The number of piperidine rings is 1. The van der Waals surface area contributed by atoms with Crippen molar-refractivity contribution in [1.82, 2.24) is 20.0 Å². The third kappa shape index (κ3) is 4.95. The highest BCUT2D eigenvalue weighted by Gasteiger charge is 2.48. The molecule has 0 spiro atoms. The normalized spacial score (nSPS) is 21.4. The van der Waals surface area contributed by atoms with E-state index in [1.807, 2.05) is 0 Å². The number of alkyl halides is 3. The summed E-state index contributed by atoms with van der Waals surface area (Å²) in [7, 11) is 0. The Morgan fingerprint density at radius 3 is 2.39 bits per heavy atom. The number of halogens is 3. The molecule has 1 fully saturated rings. The van der Waals surface area contributed by atoms with E-state index in [2.05, 4.69) is 5.32 Å². The first kappa shape index (κ1) is 27.5. The summed E-state index contributed by atoms with van der Waals surface area (Å²) >= 11 is 0. The molecule has 4 amide bonds. The summed E-state index contributed by atoms with van der Waals surface area (Å²) in [5, 5.41) is 2.57. The fourth-order valence-electron chi connectivity index (χ4n) is 5.39. The van der Waals surface area contributed by atoms with E-state index in [1.165, 1.54) is 28.0 Å². The third-order valence-corrected chi connectivity index (χ3v) is 7.39. The van der Waals surface area contributed by atoms with Crippen LogP contribution in [-0.2, 0) is 25.3 Å². The van der Waals surface area contributed by atoms with Crippen molar-refractivity contribution in [3.63, 3.8) is 0 Å². The summed E-state index contributed by atoms with van der Waals surface area (Å²) in [5.74, 6) is -1.50. The van der Waals surface area contributed by atoms with Gasteiger partial charge in [0.2, 0.25) is 5.91 Å². The van der Waals surface area contributed by atoms with E-state index in [0.717, 1.165) is 6.07 Å². The van der Waals surface area contributed by atoms with Crippen molar-refractivity contribution in [2.24, 2.45) is 5.92 Å². The van der Waals surface area contributed by atoms with E-state index in [0.29, 0.717) is 31.6 Å². The quantitative estimate of drug-likeness (QED) is 0.564. The Morgan fingerprint density at radius 2 is 1.79 bits per heavy atom. The highest BCUT2D eigenvalue weighted by atomic mass is 19.4. The molecule has 3 heterocycles. The molecule has 0 aromatic heterocycles. The van der Waals surface area contributed by atoms with Crippen LogP contribution in [0.4, 0.5) is 18.0 Å². The molecule has 3 aliphatic rings. The number of rotatable bonds is 6. The van der Waals surface area contributed by atoms with Gasteiger partial charge in [-0.05, 0) is 45.2 Å². The molecule has 12 heteroatoms. The SMILES string of the molecule is CCOC(=O)C1CCN(C(=O)[C@H](C)N2CC3=C(C2=O)[C@@H](c2ccccc2C(F)(F)F)NC(=O)N3CC)CC1. The van der Waals surface area contributed by atoms with Crippen molar-refractivity contribution in [2.45, 2.75) is 51.9 Å². The first-order valence-electron chi connectivity index (χ1n) is 12.7. The van der Waals surface area contributed by atoms with Crippen LogP contribution < -0.4 is 5.32 Å². The molecule has 0 saturated carbocycles. The zero-order valence-corrected chi connectivity index (χ0v) is 21.5. The van der Waals surface area contributed by atoms with Crippen molar-refractivity contribution in [1.29, 1.82) is 0 Å². The second-order valence-electron chi connectivity index (χ2n) is 9.53. The predicted molar refractivity (Wildman–Crippen MR) is 129 cm³/mol. The highest BCUT2D eigenvalue weighted by Crippen LogP contribution is 2.42. The Hall–Kier alpha value is -3.57. The predicted octanol–water partition coefficient (Wildman–Crippen LogP) is 3.08. The van der Waals surface area contributed by atoms with Crippen LogP contribution in [-0.4, -0.2) is 77.3 Å². The van der Waals surface area contributed by atoms with Gasteiger partial charge in [0.1, 0.15) is 6.04 Å². The second kappa shape index (κ2) is 10.7. The molecule has 9 nitrogen and oxygen atoms in total. The zero-order valence-electron chi connectivity index (χ0n) is 21.5. The molecule has 1 N–H and O–H groups in total. The molecule has 206 valence electrons. The minimum absolute atomic E-state index is 0.0313. The Balaban J connectivity index is 1.58. The number of esters is 1. The largest absolute Gasteiger partial charge is 0.466 e. The first-order valence-corrected chi connectivity index (χ1v) is 12.7. The number of benzene rings is 1. The lowest BCUT2D eigenvalue weighted by molar-refractivity contribution is -0.152. The summed E-state index contributed by atoms with van der Waals surface area (Å²) in [6.45, 7) is 6.05. The number of nitrogens with one attached hydrogen (secondary N) is 1. The van der Waals surface area contributed by atoms with Gasteiger partial charge in [-0.15, -0.1) is 0 Å². The molecule has 0 radical (unpaired) electrons. The summed E-state index contributed by atoms with van der Waals surface area (Å²) in [5.41, 5.74) is -0.846. The van der Waals surface area contributed by atoms with E-state index >= 15 is 0 Å². The van der Waals surface area contributed by atoms with Gasteiger partial charge < -0.3 is 19.9 Å². The standard InChI is InChI=1S/C26H31F3N4O5/c1-4-32-19-14-33(15(3)22(34)31-12-10-16(11-13-31)24(36)38-5-2)23(35)20(19)21(30-25(32)37)17-8-6-7-9-18(17)26(27,28)29/h6-9,15-16,21H,4-5,10-14H2,1-3H3,(H,30,37)/t15-,21+/m0/s1. The Labute approximate surface area is 218 Å². The molecule has 1 aromatic rings. The number of carbonyl (C=O) groups excluding carboxylic acids is 4. The van der Waals surface area contributed by atoms with Gasteiger partial charge in [0.05, 0.1) is 41.9 Å². The van der Waals surface area contributed by atoms with Gasteiger partial charge in [-0.25, -0.2) is 4.79 Å². The topological polar surface area (TPSA) is 99.3 Å². The number of carbonyl (C=O) groups is 4. The molecule has 2 atom stereocenters. The smallest absolute Gasteiger partial charge is 0.416 e. The zero-order chi connectivity index (χ0) is 27.8. The van der Waals surface area contributed by atoms with Gasteiger partial charge in [-0.3, -0.25) is 19.3 Å². The van der Waals surface area contributed by atoms with Gasteiger partial charge in [0.15, 0.2) is 0 Å². The Bertz CT molecular complexity index is 1160. The van der Waals surface area contributed by atoms with Crippen molar-refractivity contribution in [2.75, 3.05) is 32.8 Å². The van der Waals surface area contributed by atoms with Crippen LogP contribution in [0.25, 0.3) is 0 Å². The average molecular weight is 537 g/mol. The number of nitrogens with zero attached hydrogens (tertiary/aromatic N) is 3. The lowest BCUT2D eigenvalue weighted by atomic mass is 9.91. The van der Waals surface area contributed by atoms with Crippen LogP contribution in [0, 0.1) is 5.92 Å². The van der Waals surface area contributed by atoms with Crippen LogP contribution in [0.3, 0.4) is 0 Å². The van der Waals surface area contributed by atoms with Crippen LogP contribution in [0.5, 0.6) is 0 Å². The van der Waals surface area contributed by atoms with Gasteiger partial charge in [-0.1, -0.05) is 18.2 Å². The van der Waals surface area contributed by atoms with Crippen LogP contribution in [0.15, 0.2) is 35.5 Å². The minimum Gasteiger partial charge on any atom is -0.466 e. The third-order valence-electron chi connectivity index (χ3n) is 7.39. The fraction of sp³-hybridized carbons (Fsp3) is 0.538. The number of hydrogen-bond donors (Lipinski definition) is 1. The average Bonchev–Trinajstić information content (AvgIpc) is 3.24. The Kier molecular flexibility index (Phi) is 7.70. The number of likely N-dealkylation sites (tertiary alicyclic amines) is 1. The molecule has 38 heavy (non-hydrogen) atoms. The van der Waals surface area contributed by atoms with Crippen molar-refractivity contribution < 1.29 is 37.1 Å². The highest BCUT2D eigenvalue weighted by molar-refractivity contribution is 6.03. The van der Waals surface area contributed by atoms with Crippen LogP contribution in [0.1, 0.15) is 50.8 Å². The molecular formula is C26H31F3N4O5. The van der Waals surface area contributed by atoms with Gasteiger partial charge in [0, 0.05) is 19.6 Å². The lowest BCUT2D eigenvalue weighted by Gasteiger charge is -2.35. The molecule has 1 aromatic carbocycles. The summed E-state index contributed by atoms with van der Waals surface area (Å²) in [4.78, 5) is 56.1. The monoisotopic (exact) mass is 536 g/mol. The molecule has 0 bridgehead atoms. The number of likely N-dealkylation sites (N-methyl/N-ethyl adjacent to an activating group) is 1. The van der Waals surface area contributed by atoms with Crippen LogP contribution in [0.2, 0.25) is 0 Å². The van der Waals surface area contributed by atoms with Crippen molar-refractivity contribution >= 4 is 23.8 Å². The van der Waals surface area contributed by atoms with E-state index in [4.69, 9.17) is 4.74 Å². The number of urea groups is 1. The molecule has 4 rings (SSSR count). The number of hydrogen-bond acceptors (Lipinski definition) is 5. The maximum atomic E-state index is 13.8. The van der Waals surface area contributed by atoms with Gasteiger partial charge in [0.25, 0.3) is 5.91 Å². The first-order chi connectivity index (χ1) is 18.0. The lowest BCUT2D eigenvalue weighted by Crippen LogP contribution is -2.51. The summed E-state index contributed by atoms with van der Waals surface area (Å²) < 4.78 is 46.5. The maximum Gasteiger partial charge on any atom is 0.416 e. The van der Waals surface area contributed by atoms with Gasteiger partial charge in [-0.2, -0.15) is 13.2 Å². The van der Waals surface area contributed by atoms with Crippen LogP contribution >= 0.6 is 0 Å². The molecule has 0 unspecified atom stereocenters. The van der Waals surface area contributed by atoms with E-state index in [-0.39, 0.29) is 48.6 Å². The van der Waals surface area contributed by atoms with E-state index in [1.54, 1.807) is 25.7 Å². The molecule has 1 saturated heterocycles. The molecule has 0 aliphatic carbocycles. The second-order valence-corrected chi connectivity index (χ2v) is 9.53. The summed E-state index contributed by atoms with van der Waals surface area (Å²) in [6.07, 6.45) is -3.80. The summed E-state index contributed by atoms with van der Waals surface area (Å²) in [6, 6.07) is 2.00. The minimum atomic E-state index is -4.69. The van der Waals surface area contributed by atoms with Crippen molar-refractivity contribution in [3.05, 3.63) is 46.7 Å². The number of amides is 4. The number of ether oxygens (including phenoxy) is 1. The fourth-order valence-corrected chi connectivity index (χ4v) is 5.39. The van der Waals surface area contributed by atoms with E-state index in [9.17, 15) is 32.3 Å². The Morgan fingerprint density at radius 1 is 1.13 bits per heavy atom. The van der Waals surface area contributed by atoms with E-state index < -0.39 is 35.8 Å².